The molecule has 0 fully saturated rings. The number of unbranched alkanes of at least 4 members (excludes halogenated alkanes) is 3. The summed E-state index contributed by atoms with van der Waals surface area (Å²) in [6.45, 7) is 2.11. The summed E-state index contributed by atoms with van der Waals surface area (Å²) in [6, 6.07) is 2.18. The zero-order valence-electron chi connectivity index (χ0n) is 10.1. The van der Waals surface area contributed by atoms with E-state index < -0.39 is 11.9 Å². The fraction of sp³-hybridized carbons (Fsp3) is 0.538. The van der Waals surface area contributed by atoms with E-state index in [1.54, 1.807) is 0 Å². The van der Waals surface area contributed by atoms with E-state index in [0.717, 1.165) is 37.8 Å². The van der Waals surface area contributed by atoms with Crippen LogP contribution in [-0.2, 0) is 0 Å². The third-order valence-electron chi connectivity index (χ3n) is 2.82. The number of nitrogen functional groups attached to an aromatic ring is 1. The van der Waals surface area contributed by atoms with Crippen molar-refractivity contribution in [3.8, 4) is 5.75 Å². The molecule has 96 valence electrons. The Bertz CT molecular complexity index is 369. The van der Waals surface area contributed by atoms with Crippen molar-refractivity contribution in [2.24, 2.45) is 0 Å². The van der Waals surface area contributed by atoms with E-state index in [1.165, 1.54) is 0 Å². The van der Waals surface area contributed by atoms with Gasteiger partial charge in [-0.3, -0.25) is 0 Å². The maximum Gasteiger partial charge on any atom is 0.144 e. The van der Waals surface area contributed by atoms with Gasteiger partial charge in [-0.25, -0.2) is 4.39 Å². The summed E-state index contributed by atoms with van der Waals surface area (Å²) in [5.74, 6) is -0.753. The van der Waals surface area contributed by atoms with E-state index >= 15 is 0 Å². The van der Waals surface area contributed by atoms with Gasteiger partial charge in [0.1, 0.15) is 11.6 Å². The Morgan fingerprint density at radius 2 is 2.00 bits per heavy atom. The number of aromatic hydroxyl groups is 1. The molecule has 4 heteroatoms. The molecule has 0 amide bonds. The van der Waals surface area contributed by atoms with E-state index in [0.29, 0.717) is 6.42 Å². The fourth-order valence-electron chi connectivity index (χ4n) is 1.82. The van der Waals surface area contributed by atoms with Crippen molar-refractivity contribution in [2.45, 2.75) is 45.1 Å². The van der Waals surface area contributed by atoms with Crippen LogP contribution in [0.2, 0.25) is 0 Å². The molecule has 0 saturated carbocycles. The maximum atomic E-state index is 13.1. The summed E-state index contributed by atoms with van der Waals surface area (Å²) in [5.41, 5.74) is 5.58. The summed E-state index contributed by atoms with van der Waals surface area (Å²) in [5, 5.41) is 19.5. The van der Waals surface area contributed by atoms with Crippen molar-refractivity contribution < 1.29 is 14.6 Å². The van der Waals surface area contributed by atoms with E-state index in [-0.39, 0.29) is 17.0 Å². The fourth-order valence-corrected chi connectivity index (χ4v) is 1.82. The molecule has 1 aromatic carbocycles. The van der Waals surface area contributed by atoms with Crippen LogP contribution in [0.5, 0.6) is 5.75 Å². The maximum absolute atomic E-state index is 13.1. The summed E-state index contributed by atoms with van der Waals surface area (Å²) in [4.78, 5) is 0. The highest BCUT2D eigenvalue weighted by Gasteiger charge is 2.15. The molecule has 0 aromatic heterocycles. The molecular formula is C13H20FNO2. The molecule has 1 aromatic rings. The normalized spacial score (nSPS) is 12.6. The number of anilines is 1. The standard InChI is InChI=1S/C13H20FNO2/c1-2-3-4-5-6-12(16)10-7-9(14)8-11(15)13(10)17/h7-8,12,16-17H,2-6,15H2,1H3. The molecule has 0 saturated heterocycles. The van der Waals surface area contributed by atoms with Gasteiger partial charge in [-0.05, 0) is 12.5 Å². The molecule has 1 rings (SSSR count). The average molecular weight is 241 g/mol. The van der Waals surface area contributed by atoms with Gasteiger partial charge in [0.05, 0.1) is 11.8 Å². The first kappa shape index (κ1) is 13.8. The minimum Gasteiger partial charge on any atom is -0.505 e. The van der Waals surface area contributed by atoms with Gasteiger partial charge in [0, 0.05) is 11.6 Å². The highest BCUT2D eigenvalue weighted by molar-refractivity contribution is 5.56. The molecule has 0 aliphatic carbocycles. The first-order chi connectivity index (χ1) is 8.06. The molecule has 17 heavy (non-hydrogen) atoms. The first-order valence-electron chi connectivity index (χ1n) is 6.02. The lowest BCUT2D eigenvalue weighted by Crippen LogP contribution is -2.01. The number of halogens is 1. The number of aliphatic hydroxyl groups is 1. The van der Waals surface area contributed by atoms with Gasteiger partial charge in [-0.1, -0.05) is 32.6 Å². The third kappa shape index (κ3) is 3.89. The highest BCUT2D eigenvalue weighted by atomic mass is 19.1. The Morgan fingerprint density at radius 3 is 2.65 bits per heavy atom. The molecule has 1 unspecified atom stereocenters. The van der Waals surface area contributed by atoms with Crippen molar-refractivity contribution in [2.75, 3.05) is 5.73 Å². The van der Waals surface area contributed by atoms with Gasteiger partial charge in [0.25, 0.3) is 0 Å². The molecular weight excluding hydrogens is 221 g/mol. The molecule has 0 heterocycles. The predicted molar refractivity (Wildman–Crippen MR) is 66.2 cm³/mol. The topological polar surface area (TPSA) is 66.5 Å². The lowest BCUT2D eigenvalue weighted by Gasteiger charge is -2.14. The number of rotatable bonds is 6. The second-order valence-electron chi connectivity index (χ2n) is 4.30. The van der Waals surface area contributed by atoms with E-state index in [4.69, 9.17) is 5.73 Å². The Kier molecular flexibility index (Phi) is 5.22. The van der Waals surface area contributed by atoms with Gasteiger partial charge >= 0.3 is 0 Å². The van der Waals surface area contributed by atoms with Crippen LogP contribution < -0.4 is 5.73 Å². The Hall–Kier alpha value is -1.29. The van der Waals surface area contributed by atoms with Gasteiger partial charge in [0.15, 0.2) is 0 Å². The van der Waals surface area contributed by atoms with Crippen LogP contribution >= 0.6 is 0 Å². The van der Waals surface area contributed by atoms with Crippen molar-refractivity contribution in [1.82, 2.24) is 0 Å². The summed E-state index contributed by atoms with van der Waals surface area (Å²) in [6.07, 6.45) is 3.77. The zero-order chi connectivity index (χ0) is 12.8. The van der Waals surface area contributed by atoms with Crippen molar-refractivity contribution in [3.63, 3.8) is 0 Å². The Labute approximate surface area is 101 Å². The second-order valence-corrected chi connectivity index (χ2v) is 4.30. The molecule has 0 radical (unpaired) electrons. The highest BCUT2D eigenvalue weighted by Crippen LogP contribution is 2.33. The molecule has 3 nitrogen and oxygen atoms in total. The third-order valence-corrected chi connectivity index (χ3v) is 2.82. The van der Waals surface area contributed by atoms with Gasteiger partial charge in [-0.15, -0.1) is 0 Å². The molecule has 0 aliphatic heterocycles. The first-order valence-corrected chi connectivity index (χ1v) is 6.02. The van der Waals surface area contributed by atoms with Crippen LogP contribution in [0.1, 0.15) is 50.7 Å². The number of phenols is 1. The van der Waals surface area contributed by atoms with Crippen LogP contribution in [-0.4, -0.2) is 10.2 Å². The SMILES string of the molecule is CCCCCCC(O)c1cc(F)cc(N)c1O. The van der Waals surface area contributed by atoms with Gasteiger partial charge in [-0.2, -0.15) is 0 Å². The lowest BCUT2D eigenvalue weighted by molar-refractivity contribution is 0.159. The van der Waals surface area contributed by atoms with Crippen molar-refractivity contribution in [3.05, 3.63) is 23.5 Å². The number of benzene rings is 1. The molecule has 0 spiro atoms. The number of phenolic OH excluding ortho intramolecular Hbond substituents is 1. The number of hydrogen-bond donors (Lipinski definition) is 3. The smallest absolute Gasteiger partial charge is 0.144 e. The van der Waals surface area contributed by atoms with Crippen LogP contribution in [0, 0.1) is 5.82 Å². The van der Waals surface area contributed by atoms with Crippen molar-refractivity contribution >= 4 is 5.69 Å². The van der Waals surface area contributed by atoms with Crippen LogP contribution in [0.25, 0.3) is 0 Å². The van der Waals surface area contributed by atoms with Gasteiger partial charge < -0.3 is 15.9 Å². The average Bonchev–Trinajstić information content (AvgIpc) is 2.29. The number of nitrogens with two attached hydrogens (primary N) is 1. The zero-order valence-corrected chi connectivity index (χ0v) is 10.1. The summed E-state index contributed by atoms with van der Waals surface area (Å²) in [7, 11) is 0. The number of hydrogen-bond acceptors (Lipinski definition) is 3. The molecule has 4 N–H and O–H groups in total. The molecule has 0 bridgehead atoms. The molecule has 0 aliphatic rings. The molecule has 1 atom stereocenters. The van der Waals surface area contributed by atoms with Crippen LogP contribution in [0.3, 0.4) is 0 Å². The van der Waals surface area contributed by atoms with Crippen LogP contribution in [0.4, 0.5) is 10.1 Å². The summed E-state index contributed by atoms with van der Waals surface area (Å²) >= 11 is 0. The van der Waals surface area contributed by atoms with Gasteiger partial charge in [0.2, 0.25) is 0 Å². The van der Waals surface area contributed by atoms with Crippen LogP contribution in [0.15, 0.2) is 12.1 Å². The monoisotopic (exact) mass is 241 g/mol. The number of aliphatic hydroxyl groups excluding tert-OH is 1. The minimum absolute atomic E-state index is 0.0346. The summed E-state index contributed by atoms with van der Waals surface area (Å²) < 4.78 is 13.1. The largest absolute Gasteiger partial charge is 0.505 e. The van der Waals surface area contributed by atoms with E-state index in [1.807, 2.05) is 0 Å². The lowest BCUT2D eigenvalue weighted by atomic mass is 10.0. The quantitative estimate of drug-likeness (QED) is 0.407. The van der Waals surface area contributed by atoms with E-state index in [9.17, 15) is 14.6 Å². The predicted octanol–water partition coefficient (Wildman–Crippen LogP) is 3.12. The van der Waals surface area contributed by atoms with E-state index in [2.05, 4.69) is 6.92 Å². The Morgan fingerprint density at radius 1 is 1.29 bits per heavy atom. The van der Waals surface area contributed by atoms with Crippen molar-refractivity contribution in [1.29, 1.82) is 0 Å². The Balaban J connectivity index is 2.65. The second kappa shape index (κ2) is 6.45. The minimum atomic E-state index is -0.857.